The van der Waals surface area contributed by atoms with Crippen LogP contribution in [0.4, 0.5) is 0 Å². The highest BCUT2D eigenvalue weighted by atomic mass is 16.5. The molecule has 0 aliphatic carbocycles. The van der Waals surface area contributed by atoms with E-state index in [0.717, 1.165) is 13.0 Å². The van der Waals surface area contributed by atoms with Gasteiger partial charge >= 0.3 is 0 Å². The van der Waals surface area contributed by atoms with E-state index < -0.39 is 54.9 Å². The van der Waals surface area contributed by atoms with Crippen molar-refractivity contribution in [3.05, 3.63) is 59.5 Å². The zero-order valence-corrected chi connectivity index (χ0v) is 14.6. The third kappa shape index (κ3) is 6.50. The third-order valence-corrected chi connectivity index (χ3v) is 3.51. The normalized spacial score (nSPS) is 16.4. The van der Waals surface area contributed by atoms with Crippen LogP contribution in [0.15, 0.2) is 48.4 Å². The highest BCUT2D eigenvalue weighted by Crippen LogP contribution is 2.25. The summed E-state index contributed by atoms with van der Waals surface area (Å²) in [6.45, 7) is 2.94. The van der Waals surface area contributed by atoms with Crippen LogP contribution in [-0.2, 0) is 6.40 Å². The standard InChI is InChI=1S/C21H27NO4/c1-2-12-22-14-18(24)15-26-21-11-9-17(23)13-19(21)20(25)10-8-16-6-4-3-5-7-16/h3-7,9,11,13,18,22-24H,2,8,10,12,14-15H2,1H3/i3D,4D,5D,6D,7D,8D. The van der Waals surface area contributed by atoms with Crippen molar-refractivity contribution in [3.8, 4) is 11.5 Å². The van der Waals surface area contributed by atoms with Crippen LogP contribution in [0, 0.1) is 0 Å². The molecule has 2 aromatic carbocycles. The van der Waals surface area contributed by atoms with Gasteiger partial charge in [0.1, 0.15) is 24.2 Å². The second-order valence-electron chi connectivity index (χ2n) is 5.72. The molecular formula is C21H27NO4. The first-order valence-corrected chi connectivity index (χ1v) is 8.45. The van der Waals surface area contributed by atoms with Crippen molar-refractivity contribution in [2.75, 3.05) is 19.7 Å². The number of carbonyl (C=O) groups excluding carboxylic acids is 1. The Hall–Kier alpha value is -2.37. The van der Waals surface area contributed by atoms with E-state index in [2.05, 4.69) is 5.32 Å². The monoisotopic (exact) mass is 363 g/mol. The molecule has 2 atom stereocenters. The van der Waals surface area contributed by atoms with Crippen LogP contribution in [0.5, 0.6) is 11.5 Å². The topological polar surface area (TPSA) is 78.8 Å². The zero-order chi connectivity index (χ0) is 24.0. The predicted molar refractivity (Wildman–Crippen MR) is 102 cm³/mol. The molecule has 0 spiro atoms. The van der Waals surface area contributed by atoms with Gasteiger partial charge in [-0.2, -0.15) is 0 Å². The van der Waals surface area contributed by atoms with Gasteiger partial charge in [-0.3, -0.25) is 4.79 Å². The van der Waals surface area contributed by atoms with Gasteiger partial charge in [0, 0.05) is 14.3 Å². The third-order valence-electron chi connectivity index (χ3n) is 3.51. The van der Waals surface area contributed by atoms with E-state index in [0.29, 0.717) is 6.54 Å². The predicted octanol–water partition coefficient (Wildman–Crippen LogP) is 2.95. The van der Waals surface area contributed by atoms with Gasteiger partial charge in [0.2, 0.25) is 0 Å². The van der Waals surface area contributed by atoms with Crippen molar-refractivity contribution in [3.63, 3.8) is 0 Å². The first-order chi connectivity index (χ1) is 15.1. The van der Waals surface area contributed by atoms with Gasteiger partial charge in [-0.25, -0.2) is 0 Å². The summed E-state index contributed by atoms with van der Waals surface area (Å²) >= 11 is 0. The van der Waals surface area contributed by atoms with Crippen molar-refractivity contribution in [1.29, 1.82) is 0 Å². The average molecular weight is 363 g/mol. The maximum atomic E-state index is 12.9. The van der Waals surface area contributed by atoms with Crippen LogP contribution >= 0.6 is 0 Å². The number of hydrogen-bond donors (Lipinski definition) is 3. The highest BCUT2D eigenvalue weighted by Gasteiger charge is 2.15. The van der Waals surface area contributed by atoms with Crippen molar-refractivity contribution in [2.45, 2.75) is 32.3 Å². The summed E-state index contributed by atoms with van der Waals surface area (Å²) in [5.74, 6) is -0.702. The molecule has 0 bridgehead atoms. The van der Waals surface area contributed by atoms with Gasteiger partial charge in [0.25, 0.3) is 0 Å². The Morgan fingerprint density at radius 3 is 2.85 bits per heavy atom. The summed E-state index contributed by atoms with van der Waals surface area (Å²) < 4.78 is 52.9. The number of rotatable bonds is 11. The Morgan fingerprint density at radius 1 is 1.35 bits per heavy atom. The minimum atomic E-state index is -1.42. The van der Waals surface area contributed by atoms with E-state index in [1.807, 2.05) is 6.92 Å². The van der Waals surface area contributed by atoms with Crippen LogP contribution in [-0.4, -0.2) is 41.8 Å². The molecule has 0 aromatic heterocycles. The van der Waals surface area contributed by atoms with E-state index in [1.54, 1.807) is 0 Å². The molecule has 5 heteroatoms. The molecule has 2 aromatic rings. The second kappa shape index (κ2) is 10.6. The summed E-state index contributed by atoms with van der Waals surface area (Å²) in [6.07, 6.45) is -1.83. The van der Waals surface area contributed by atoms with E-state index in [9.17, 15) is 15.0 Å². The molecule has 3 N–H and O–H groups in total. The number of hydrogen-bond acceptors (Lipinski definition) is 5. The minimum Gasteiger partial charge on any atom is -0.508 e. The Kier molecular flexibility index (Phi) is 5.25. The zero-order valence-electron chi connectivity index (χ0n) is 20.6. The quantitative estimate of drug-likeness (QED) is 0.423. The number of Topliss-reactive ketones (excluding diaryl/α,β-unsaturated/α-hetero) is 1. The van der Waals surface area contributed by atoms with Gasteiger partial charge in [-0.15, -0.1) is 0 Å². The van der Waals surface area contributed by atoms with Crippen LogP contribution in [0.1, 0.15) is 43.9 Å². The molecule has 0 saturated heterocycles. The summed E-state index contributed by atoms with van der Waals surface area (Å²) in [5, 5.41) is 22.9. The van der Waals surface area contributed by atoms with E-state index in [-0.39, 0.29) is 29.2 Å². The number of aromatic hydroxyl groups is 1. The fourth-order valence-electron chi connectivity index (χ4n) is 2.22. The Morgan fingerprint density at radius 2 is 2.12 bits per heavy atom. The van der Waals surface area contributed by atoms with E-state index in [4.69, 9.17) is 13.0 Å². The molecule has 5 nitrogen and oxygen atoms in total. The van der Waals surface area contributed by atoms with Gasteiger partial charge in [0.15, 0.2) is 5.78 Å². The molecule has 2 unspecified atom stereocenters. The maximum Gasteiger partial charge on any atom is 0.167 e. The molecule has 2 rings (SSSR count). The Bertz CT molecular complexity index is 943. The maximum absolute atomic E-state index is 12.9. The lowest BCUT2D eigenvalue weighted by atomic mass is 10.0. The first kappa shape index (κ1) is 12.9. The lowest BCUT2D eigenvalue weighted by molar-refractivity contribution is 0.0950. The van der Waals surface area contributed by atoms with Crippen molar-refractivity contribution in [2.24, 2.45) is 0 Å². The summed E-state index contributed by atoms with van der Waals surface area (Å²) in [5.41, 5.74) is -0.298. The summed E-state index contributed by atoms with van der Waals surface area (Å²) in [4.78, 5) is 12.9. The average Bonchev–Trinajstić information content (AvgIpc) is 2.75. The van der Waals surface area contributed by atoms with E-state index in [1.165, 1.54) is 18.2 Å². The molecule has 0 aliphatic rings. The molecule has 26 heavy (non-hydrogen) atoms. The molecule has 0 amide bonds. The lowest BCUT2D eigenvalue weighted by Crippen LogP contribution is -2.32. The van der Waals surface area contributed by atoms with Crippen molar-refractivity contribution >= 4 is 5.78 Å². The smallest absolute Gasteiger partial charge is 0.167 e. The fraction of sp³-hybridized carbons (Fsp3) is 0.381. The number of phenols is 1. The molecule has 0 saturated carbocycles. The van der Waals surface area contributed by atoms with Crippen molar-refractivity contribution < 1.29 is 28.0 Å². The molecule has 140 valence electrons. The number of nitrogens with one attached hydrogen (secondary N) is 1. The number of ketones is 1. The SMILES string of the molecule is [2H]c1c([2H])c([2H])c(C([2H])CC(=O)c2cc(O)ccc2OCC(O)CNCCC)c([2H])c1[2H]. The molecular weight excluding hydrogens is 330 g/mol. The number of carbonyl (C=O) groups is 1. The van der Waals surface area contributed by atoms with E-state index >= 15 is 0 Å². The minimum absolute atomic E-state index is 0.0247. The Labute approximate surface area is 163 Å². The van der Waals surface area contributed by atoms with Gasteiger partial charge < -0.3 is 20.3 Å². The largest absolute Gasteiger partial charge is 0.508 e. The number of benzene rings is 2. The van der Waals surface area contributed by atoms with Crippen LogP contribution in [0.3, 0.4) is 0 Å². The van der Waals surface area contributed by atoms with Gasteiger partial charge in [-0.05, 0) is 43.1 Å². The Balaban J connectivity index is 2.21. The summed E-state index contributed by atoms with van der Waals surface area (Å²) in [7, 11) is 0. The number of ether oxygens (including phenoxy) is 1. The number of aliphatic hydroxyl groups is 1. The lowest BCUT2D eigenvalue weighted by Gasteiger charge is -2.15. The van der Waals surface area contributed by atoms with Gasteiger partial charge in [0.05, 0.1) is 12.4 Å². The molecule has 0 radical (unpaired) electrons. The van der Waals surface area contributed by atoms with Crippen LogP contribution in [0.2, 0.25) is 0 Å². The van der Waals surface area contributed by atoms with Crippen LogP contribution in [0.25, 0.3) is 0 Å². The van der Waals surface area contributed by atoms with Crippen LogP contribution < -0.4 is 10.1 Å². The summed E-state index contributed by atoms with van der Waals surface area (Å²) in [6, 6.07) is 1.10. The second-order valence-corrected chi connectivity index (χ2v) is 5.72. The molecule has 0 fully saturated rings. The highest BCUT2D eigenvalue weighted by molar-refractivity contribution is 5.99. The van der Waals surface area contributed by atoms with Crippen molar-refractivity contribution in [1.82, 2.24) is 5.32 Å². The first-order valence-electron chi connectivity index (χ1n) is 11.5. The fourth-order valence-corrected chi connectivity index (χ4v) is 2.22. The molecule has 0 aliphatic heterocycles. The number of aliphatic hydroxyl groups excluding tert-OH is 1. The number of phenolic OH excluding ortho intramolecular Hbond substituents is 1. The molecule has 0 heterocycles. The van der Waals surface area contributed by atoms with Gasteiger partial charge in [-0.1, -0.05) is 37.1 Å².